The lowest BCUT2D eigenvalue weighted by atomic mass is 10.2. The van der Waals surface area contributed by atoms with E-state index in [2.05, 4.69) is 20.4 Å². The lowest BCUT2D eigenvalue weighted by Crippen LogP contribution is -2.26. The summed E-state index contributed by atoms with van der Waals surface area (Å²) in [5.74, 6) is 0.716. The highest BCUT2D eigenvalue weighted by atomic mass is 35.5. The number of nitrogens with one attached hydrogen (secondary N) is 1. The van der Waals surface area contributed by atoms with Crippen LogP contribution in [0.3, 0.4) is 0 Å². The van der Waals surface area contributed by atoms with Crippen LogP contribution >= 0.6 is 22.9 Å². The van der Waals surface area contributed by atoms with Crippen LogP contribution in [0.25, 0.3) is 11.4 Å². The van der Waals surface area contributed by atoms with Gasteiger partial charge in [0.15, 0.2) is 0 Å². The molecule has 0 aliphatic rings. The fraction of sp³-hybridized carbons (Fsp3) is 0.250. The van der Waals surface area contributed by atoms with Gasteiger partial charge in [0, 0.05) is 35.4 Å². The van der Waals surface area contributed by atoms with Crippen molar-refractivity contribution in [3.05, 3.63) is 51.3 Å². The topological polar surface area (TPSA) is 107 Å². The molecule has 0 radical (unpaired) electrons. The first kappa shape index (κ1) is 17.5. The van der Waals surface area contributed by atoms with Gasteiger partial charge >= 0.3 is 0 Å². The highest BCUT2D eigenvalue weighted by molar-refractivity contribution is 7.09. The number of amides is 1. The maximum absolute atomic E-state index is 12.0. The Morgan fingerprint density at radius 3 is 2.80 bits per heavy atom. The average molecular weight is 378 g/mol. The highest BCUT2D eigenvalue weighted by Gasteiger charge is 2.12. The number of carbonyl (C=O) groups is 1. The van der Waals surface area contributed by atoms with E-state index >= 15 is 0 Å². The van der Waals surface area contributed by atoms with Crippen LogP contribution in [-0.2, 0) is 12.8 Å². The van der Waals surface area contributed by atoms with E-state index in [0.29, 0.717) is 48.4 Å². The average Bonchev–Trinajstić information content (AvgIpc) is 3.26. The summed E-state index contributed by atoms with van der Waals surface area (Å²) in [6.45, 7) is 0.895. The first-order valence-corrected chi connectivity index (χ1v) is 8.92. The molecule has 0 aliphatic carbocycles. The lowest BCUT2D eigenvalue weighted by molar-refractivity contribution is 0.0949. The molecule has 2 heterocycles. The molecule has 0 unspecified atom stereocenters. The SMILES string of the molecule is NCCc1nc(C(=O)NCCc2nc(-c3ccc(Cl)cc3)no2)cs1. The Bertz CT molecular complexity index is 846. The Labute approximate surface area is 153 Å². The van der Waals surface area contributed by atoms with Crippen molar-refractivity contribution in [2.75, 3.05) is 13.1 Å². The third-order valence-corrected chi connectivity index (χ3v) is 4.50. The molecule has 3 N–H and O–H groups in total. The van der Waals surface area contributed by atoms with Gasteiger partial charge in [-0.3, -0.25) is 4.79 Å². The quantitative estimate of drug-likeness (QED) is 0.654. The number of halogens is 1. The molecule has 0 bridgehead atoms. The van der Waals surface area contributed by atoms with E-state index in [1.807, 2.05) is 12.1 Å². The van der Waals surface area contributed by atoms with Crippen molar-refractivity contribution in [3.8, 4) is 11.4 Å². The van der Waals surface area contributed by atoms with E-state index in [9.17, 15) is 4.79 Å². The van der Waals surface area contributed by atoms with E-state index in [1.165, 1.54) is 11.3 Å². The van der Waals surface area contributed by atoms with Gasteiger partial charge in [-0.25, -0.2) is 4.98 Å². The van der Waals surface area contributed by atoms with Gasteiger partial charge in [0.1, 0.15) is 5.69 Å². The van der Waals surface area contributed by atoms with Crippen molar-refractivity contribution in [3.63, 3.8) is 0 Å². The Morgan fingerprint density at radius 1 is 1.24 bits per heavy atom. The number of rotatable bonds is 7. The molecular weight excluding hydrogens is 362 g/mol. The Hall–Kier alpha value is -2.29. The summed E-state index contributed by atoms with van der Waals surface area (Å²) >= 11 is 7.29. The molecule has 25 heavy (non-hydrogen) atoms. The fourth-order valence-electron chi connectivity index (χ4n) is 2.10. The van der Waals surface area contributed by atoms with Crippen molar-refractivity contribution >= 4 is 28.8 Å². The van der Waals surface area contributed by atoms with Gasteiger partial charge in [0.25, 0.3) is 5.91 Å². The molecular formula is C16H16ClN5O2S. The van der Waals surface area contributed by atoms with Gasteiger partial charge in [-0.2, -0.15) is 4.98 Å². The van der Waals surface area contributed by atoms with Crippen molar-refractivity contribution < 1.29 is 9.32 Å². The second-order valence-electron chi connectivity index (χ2n) is 5.19. The summed E-state index contributed by atoms with van der Waals surface area (Å²) < 4.78 is 5.20. The zero-order valence-electron chi connectivity index (χ0n) is 13.2. The zero-order chi connectivity index (χ0) is 17.6. The van der Waals surface area contributed by atoms with E-state index < -0.39 is 0 Å². The minimum atomic E-state index is -0.225. The summed E-state index contributed by atoms with van der Waals surface area (Å²) in [5, 5.41) is 9.95. The highest BCUT2D eigenvalue weighted by Crippen LogP contribution is 2.18. The monoisotopic (exact) mass is 377 g/mol. The maximum Gasteiger partial charge on any atom is 0.270 e. The second kappa shape index (κ2) is 8.19. The summed E-state index contributed by atoms with van der Waals surface area (Å²) in [7, 11) is 0. The van der Waals surface area contributed by atoms with E-state index in [0.717, 1.165) is 10.6 Å². The van der Waals surface area contributed by atoms with Crippen molar-refractivity contribution in [1.82, 2.24) is 20.4 Å². The molecule has 0 spiro atoms. The predicted molar refractivity (Wildman–Crippen MR) is 95.7 cm³/mol. The minimum Gasteiger partial charge on any atom is -0.350 e. The molecule has 3 rings (SSSR count). The van der Waals surface area contributed by atoms with Crippen molar-refractivity contribution in [2.24, 2.45) is 5.73 Å². The number of thiazole rings is 1. The number of benzene rings is 1. The van der Waals surface area contributed by atoms with Gasteiger partial charge in [-0.05, 0) is 30.8 Å². The molecule has 7 nitrogen and oxygen atoms in total. The van der Waals surface area contributed by atoms with Crippen LogP contribution in [0.1, 0.15) is 21.4 Å². The number of aromatic nitrogens is 3. The first-order valence-electron chi connectivity index (χ1n) is 7.67. The third-order valence-electron chi connectivity index (χ3n) is 3.34. The minimum absolute atomic E-state index is 0.225. The van der Waals surface area contributed by atoms with Crippen LogP contribution in [0, 0.1) is 0 Å². The third kappa shape index (κ3) is 4.62. The van der Waals surface area contributed by atoms with Gasteiger partial charge in [0.05, 0.1) is 5.01 Å². The number of hydrogen-bond donors (Lipinski definition) is 2. The summed E-state index contributed by atoms with van der Waals surface area (Å²) in [6, 6.07) is 7.17. The fourth-order valence-corrected chi connectivity index (χ4v) is 3.02. The zero-order valence-corrected chi connectivity index (χ0v) is 14.8. The maximum atomic E-state index is 12.0. The molecule has 2 aromatic heterocycles. The molecule has 0 saturated carbocycles. The second-order valence-corrected chi connectivity index (χ2v) is 6.57. The predicted octanol–water partition coefficient (Wildman–Crippen LogP) is 2.32. The standard InChI is InChI=1S/C16H16ClN5O2S/c17-11-3-1-10(2-4-11)15-21-13(24-22-15)6-8-19-16(23)12-9-25-14(20-12)5-7-18/h1-4,9H,5-8,18H2,(H,19,23). The largest absolute Gasteiger partial charge is 0.350 e. The van der Waals surface area contributed by atoms with Crippen LogP contribution in [-0.4, -0.2) is 34.1 Å². The van der Waals surface area contributed by atoms with Crippen molar-refractivity contribution in [1.29, 1.82) is 0 Å². The van der Waals surface area contributed by atoms with Crippen LogP contribution in [0.2, 0.25) is 5.02 Å². The van der Waals surface area contributed by atoms with Gasteiger partial charge in [0.2, 0.25) is 11.7 Å². The van der Waals surface area contributed by atoms with Crippen LogP contribution in [0.4, 0.5) is 0 Å². The molecule has 0 fully saturated rings. The molecule has 9 heteroatoms. The van der Waals surface area contributed by atoms with Crippen LogP contribution < -0.4 is 11.1 Å². The lowest BCUT2D eigenvalue weighted by Gasteiger charge is -2.00. The Kier molecular flexibility index (Phi) is 5.75. The molecule has 3 aromatic rings. The molecule has 1 aromatic carbocycles. The Balaban J connectivity index is 1.52. The van der Waals surface area contributed by atoms with Crippen molar-refractivity contribution in [2.45, 2.75) is 12.8 Å². The van der Waals surface area contributed by atoms with Gasteiger partial charge < -0.3 is 15.6 Å². The van der Waals surface area contributed by atoms with Gasteiger partial charge in [-0.15, -0.1) is 11.3 Å². The van der Waals surface area contributed by atoms with Gasteiger partial charge in [-0.1, -0.05) is 16.8 Å². The number of carbonyl (C=O) groups excluding carboxylic acids is 1. The number of nitrogens with two attached hydrogens (primary N) is 1. The number of hydrogen-bond acceptors (Lipinski definition) is 7. The van der Waals surface area contributed by atoms with Crippen LogP contribution in [0.15, 0.2) is 34.2 Å². The van der Waals surface area contributed by atoms with E-state index in [-0.39, 0.29) is 5.91 Å². The normalized spacial score (nSPS) is 10.8. The number of nitrogens with zero attached hydrogens (tertiary/aromatic N) is 3. The molecule has 130 valence electrons. The van der Waals surface area contributed by atoms with Crippen LogP contribution in [0.5, 0.6) is 0 Å². The molecule has 1 amide bonds. The Morgan fingerprint density at radius 2 is 2.04 bits per heavy atom. The van der Waals surface area contributed by atoms with E-state index in [1.54, 1.807) is 17.5 Å². The first-order chi connectivity index (χ1) is 12.2. The molecule has 0 atom stereocenters. The summed E-state index contributed by atoms with van der Waals surface area (Å²) in [5.41, 5.74) is 6.70. The molecule has 0 saturated heterocycles. The molecule has 0 aliphatic heterocycles. The van der Waals surface area contributed by atoms with E-state index in [4.69, 9.17) is 21.9 Å². The summed E-state index contributed by atoms with van der Waals surface area (Å²) in [6.07, 6.45) is 1.11. The summed E-state index contributed by atoms with van der Waals surface area (Å²) in [4.78, 5) is 20.6. The smallest absolute Gasteiger partial charge is 0.270 e.